The van der Waals surface area contributed by atoms with Gasteiger partial charge in [-0.3, -0.25) is 0 Å². The number of hydrogen-bond donors (Lipinski definition) is 2. The molecule has 58 heavy (non-hydrogen) atoms. The summed E-state index contributed by atoms with van der Waals surface area (Å²) in [6.07, 6.45) is 7.47. The summed E-state index contributed by atoms with van der Waals surface area (Å²) in [5, 5.41) is 24.3. The number of thioether (sulfide) groups is 2. The molecule has 6 atom stereocenters. The quantitative estimate of drug-likeness (QED) is 0.0805. The van der Waals surface area contributed by atoms with Crippen molar-refractivity contribution in [3.8, 4) is 11.5 Å². The first-order valence-corrected chi connectivity index (χ1v) is 23.8. The molecule has 2 aliphatic heterocycles. The van der Waals surface area contributed by atoms with Gasteiger partial charge in [0.2, 0.25) is 0 Å². The first kappa shape index (κ1) is 44.6. The third kappa shape index (κ3) is 10.7. The zero-order valence-electron chi connectivity index (χ0n) is 35.2. The molecule has 6 rings (SSSR count). The van der Waals surface area contributed by atoms with Crippen LogP contribution >= 0.6 is 23.5 Å². The number of ether oxygens (including phenoxy) is 4. The lowest BCUT2D eigenvalue weighted by molar-refractivity contribution is 0.0179. The molecule has 2 heterocycles. The number of benzene rings is 4. The third-order valence-electron chi connectivity index (χ3n) is 12.7. The first-order chi connectivity index (χ1) is 28.4. The van der Waals surface area contributed by atoms with E-state index in [1.54, 1.807) is 0 Å². The summed E-state index contributed by atoms with van der Waals surface area (Å²) in [4.78, 5) is 2.45. The number of aliphatic hydroxyl groups excluding tert-OH is 2. The van der Waals surface area contributed by atoms with Crippen molar-refractivity contribution in [2.24, 2.45) is 10.8 Å². The van der Waals surface area contributed by atoms with Gasteiger partial charge in [-0.05, 0) is 84.3 Å². The molecule has 0 saturated carbocycles. The number of unbranched alkanes of at least 4 members (excludes halogenated alkanes) is 2. The first-order valence-electron chi connectivity index (χ1n) is 21.8. The predicted molar refractivity (Wildman–Crippen MR) is 240 cm³/mol. The molecule has 4 aromatic carbocycles. The Morgan fingerprint density at radius 1 is 0.534 bits per heavy atom. The van der Waals surface area contributed by atoms with E-state index in [2.05, 4.69) is 100 Å². The van der Waals surface area contributed by atoms with E-state index in [0.717, 1.165) is 96.6 Å². The molecule has 314 valence electrons. The largest absolute Gasteiger partial charge is 0.491 e. The molecule has 0 bridgehead atoms. The highest BCUT2D eigenvalue weighted by Gasteiger charge is 2.46. The lowest BCUT2D eigenvalue weighted by atomic mass is 9.69. The van der Waals surface area contributed by atoms with Gasteiger partial charge in [-0.25, -0.2) is 0 Å². The van der Waals surface area contributed by atoms with Gasteiger partial charge in [0.1, 0.15) is 24.7 Å². The Labute approximate surface area is 356 Å². The fraction of sp³-hybridized carbons (Fsp3) is 0.520. The molecule has 8 heteroatoms. The Hall–Kier alpha value is -2.98. The molecule has 0 aliphatic carbocycles. The third-order valence-corrected chi connectivity index (χ3v) is 15.5. The summed E-state index contributed by atoms with van der Waals surface area (Å²) in [6.45, 7) is 11.6. The molecule has 0 unspecified atom stereocenters. The summed E-state index contributed by atoms with van der Waals surface area (Å²) in [5.74, 6) is 3.18. The number of rotatable bonds is 21. The topological polar surface area (TPSA) is 77.4 Å². The Balaban J connectivity index is 0.974. The van der Waals surface area contributed by atoms with Crippen molar-refractivity contribution >= 4 is 23.5 Å². The van der Waals surface area contributed by atoms with E-state index in [0.29, 0.717) is 39.6 Å². The van der Waals surface area contributed by atoms with Crippen LogP contribution in [0.15, 0.2) is 107 Å². The summed E-state index contributed by atoms with van der Waals surface area (Å²) in [7, 11) is 0. The van der Waals surface area contributed by atoms with Crippen LogP contribution in [0, 0.1) is 10.8 Å². The van der Waals surface area contributed by atoms with Gasteiger partial charge in [0.15, 0.2) is 0 Å². The SMILES string of the molecule is CCCC[C@]1(CC)CSc2ccc(OCCOCCOCCOc3ccc4c(c3)[C@H](c3ccccc3)[C@H](O)[C@@](CC)(CCCC)CS4)cc2[C@@H](c2ccccc2)[C@H]1O. The highest BCUT2D eigenvalue weighted by Crippen LogP contribution is 2.53. The van der Waals surface area contributed by atoms with Crippen LogP contribution in [0.4, 0.5) is 0 Å². The average Bonchev–Trinajstić information content (AvgIpc) is 3.46. The summed E-state index contributed by atoms with van der Waals surface area (Å²) in [6, 6.07) is 33.7. The van der Waals surface area contributed by atoms with Gasteiger partial charge in [-0.1, -0.05) is 114 Å². The molecule has 0 fully saturated rings. The zero-order chi connectivity index (χ0) is 40.8. The summed E-state index contributed by atoms with van der Waals surface area (Å²) in [5.41, 5.74) is 4.29. The van der Waals surface area contributed by atoms with Crippen molar-refractivity contribution < 1.29 is 29.2 Å². The van der Waals surface area contributed by atoms with Crippen LogP contribution in [0.2, 0.25) is 0 Å². The van der Waals surface area contributed by atoms with Crippen molar-refractivity contribution in [2.75, 3.05) is 51.1 Å². The van der Waals surface area contributed by atoms with Crippen molar-refractivity contribution in [1.82, 2.24) is 0 Å². The van der Waals surface area contributed by atoms with Gasteiger partial charge in [0, 0.05) is 44.0 Å². The Bertz CT molecular complexity index is 1690. The second-order valence-corrected chi connectivity index (χ2v) is 18.2. The van der Waals surface area contributed by atoms with E-state index >= 15 is 0 Å². The van der Waals surface area contributed by atoms with E-state index in [-0.39, 0.29) is 22.7 Å². The van der Waals surface area contributed by atoms with Crippen LogP contribution in [-0.4, -0.2) is 73.6 Å². The molecular formula is C50H66O6S2. The van der Waals surface area contributed by atoms with Crippen LogP contribution < -0.4 is 9.47 Å². The molecule has 6 nitrogen and oxygen atoms in total. The van der Waals surface area contributed by atoms with Gasteiger partial charge in [-0.15, -0.1) is 23.5 Å². The highest BCUT2D eigenvalue weighted by molar-refractivity contribution is 7.99. The van der Waals surface area contributed by atoms with E-state index in [1.165, 1.54) is 9.79 Å². The molecule has 0 radical (unpaired) electrons. The van der Waals surface area contributed by atoms with E-state index in [1.807, 2.05) is 47.8 Å². The molecule has 2 aliphatic rings. The fourth-order valence-corrected chi connectivity index (χ4v) is 11.9. The van der Waals surface area contributed by atoms with Crippen LogP contribution in [0.3, 0.4) is 0 Å². The van der Waals surface area contributed by atoms with Gasteiger partial charge in [-0.2, -0.15) is 0 Å². The molecule has 2 N–H and O–H groups in total. The normalized spacial score (nSPS) is 24.3. The van der Waals surface area contributed by atoms with Crippen LogP contribution in [-0.2, 0) is 9.47 Å². The maximum absolute atomic E-state index is 12.1. The Morgan fingerprint density at radius 3 is 1.31 bits per heavy atom. The minimum atomic E-state index is -0.483. The van der Waals surface area contributed by atoms with Crippen LogP contribution in [0.1, 0.15) is 113 Å². The maximum Gasteiger partial charge on any atom is 0.119 e. The molecule has 0 aromatic heterocycles. The Kier molecular flexibility index (Phi) is 16.9. The van der Waals surface area contributed by atoms with Gasteiger partial charge in [0.25, 0.3) is 0 Å². The van der Waals surface area contributed by atoms with E-state index in [9.17, 15) is 10.2 Å². The molecule has 0 spiro atoms. The predicted octanol–water partition coefficient (Wildman–Crippen LogP) is 11.5. The molecule has 0 amide bonds. The summed E-state index contributed by atoms with van der Waals surface area (Å²) >= 11 is 3.76. The van der Waals surface area contributed by atoms with Crippen LogP contribution in [0.5, 0.6) is 11.5 Å². The maximum atomic E-state index is 12.1. The number of aliphatic hydroxyl groups is 2. The van der Waals surface area contributed by atoms with Crippen molar-refractivity contribution in [3.05, 3.63) is 119 Å². The van der Waals surface area contributed by atoms with Crippen molar-refractivity contribution in [3.63, 3.8) is 0 Å². The average molecular weight is 827 g/mol. The van der Waals surface area contributed by atoms with Crippen molar-refractivity contribution in [1.29, 1.82) is 0 Å². The monoisotopic (exact) mass is 826 g/mol. The van der Waals surface area contributed by atoms with Crippen LogP contribution in [0.25, 0.3) is 0 Å². The molecule has 4 aromatic rings. The standard InChI is InChI=1S/C50H66O6S2/c1-5-9-25-49(7-3)35-57-43-23-21-39(33-41(43)45(47(49)51)37-17-13-11-14-18-37)55-31-29-53-27-28-54-30-32-56-40-22-24-44-42(34-40)46(38-19-15-12-16-20-38)48(52)50(8-4,36-58-44)26-10-6-2/h11-24,33-34,45-48,51-52H,5-10,25-32,35-36H2,1-4H3/t45-,46+,47-,48+,49-,50+. The minimum Gasteiger partial charge on any atom is -0.491 e. The minimum absolute atomic E-state index is 0.116. The van der Waals surface area contributed by atoms with Gasteiger partial charge >= 0.3 is 0 Å². The highest BCUT2D eigenvalue weighted by atomic mass is 32.2. The van der Waals surface area contributed by atoms with E-state index < -0.39 is 12.2 Å². The Morgan fingerprint density at radius 2 is 0.931 bits per heavy atom. The zero-order valence-corrected chi connectivity index (χ0v) is 36.8. The smallest absolute Gasteiger partial charge is 0.119 e. The number of fused-ring (bicyclic) bond motifs is 2. The lowest BCUT2D eigenvalue weighted by Crippen LogP contribution is -2.40. The fourth-order valence-electron chi connectivity index (χ4n) is 8.92. The van der Waals surface area contributed by atoms with Gasteiger partial charge in [0.05, 0.1) is 38.6 Å². The molecule has 0 saturated heterocycles. The second-order valence-electron chi connectivity index (χ2n) is 16.2. The van der Waals surface area contributed by atoms with Gasteiger partial charge < -0.3 is 29.2 Å². The second kappa shape index (κ2) is 22.0. The van der Waals surface area contributed by atoms with Crippen molar-refractivity contribution in [2.45, 2.75) is 113 Å². The number of hydrogen-bond acceptors (Lipinski definition) is 8. The molecular weight excluding hydrogens is 761 g/mol. The lowest BCUT2D eigenvalue weighted by Gasteiger charge is -2.39. The summed E-state index contributed by atoms with van der Waals surface area (Å²) < 4.78 is 24.1. The van der Waals surface area contributed by atoms with E-state index in [4.69, 9.17) is 18.9 Å².